The van der Waals surface area contributed by atoms with Crippen molar-refractivity contribution in [2.24, 2.45) is 0 Å². The first-order valence-electron chi connectivity index (χ1n) is 7.86. The normalized spacial score (nSPS) is 12.9. The van der Waals surface area contributed by atoms with E-state index in [1.54, 1.807) is 10.4 Å². The maximum absolute atomic E-state index is 3.51. The molecule has 0 bridgehead atoms. The van der Waals surface area contributed by atoms with Crippen LogP contribution in [0, 0.1) is 0 Å². The quantitative estimate of drug-likeness (QED) is 0.385. The van der Waals surface area contributed by atoms with Gasteiger partial charge < -0.3 is 0 Å². The third kappa shape index (κ3) is 5.52. The first kappa shape index (κ1) is 18.2. The van der Waals surface area contributed by atoms with Crippen LogP contribution in [0.4, 0.5) is 0 Å². The highest BCUT2D eigenvalue weighted by Crippen LogP contribution is 2.39. The number of rotatable bonds is 6. The first-order valence-corrected chi connectivity index (χ1v) is 9.79. The maximum atomic E-state index is 3.51. The van der Waals surface area contributed by atoms with Gasteiger partial charge in [-0.1, -0.05) is 70.3 Å². The Morgan fingerprint density at radius 1 is 0.900 bits per heavy atom. The summed E-state index contributed by atoms with van der Waals surface area (Å²) in [6.45, 7) is 14.0. The third-order valence-electron chi connectivity index (χ3n) is 3.56. The Morgan fingerprint density at radius 2 is 1.50 bits per heavy atom. The second-order valence-electron chi connectivity index (χ2n) is 7.82. The molecule has 0 aliphatic carbocycles. The molecule has 1 aromatic heterocycles. The van der Waals surface area contributed by atoms with Crippen molar-refractivity contribution in [3.8, 4) is 0 Å². The molecule has 2 heteroatoms. The largest absolute Gasteiger partial charge is 0.144 e. The molecule has 0 aromatic carbocycles. The molecule has 1 rings (SSSR count). The third-order valence-corrected chi connectivity index (χ3v) is 6.15. The van der Waals surface area contributed by atoms with E-state index in [4.69, 9.17) is 0 Å². The van der Waals surface area contributed by atoms with E-state index in [0.717, 1.165) is 5.33 Å². The Morgan fingerprint density at radius 3 is 2.00 bits per heavy atom. The van der Waals surface area contributed by atoms with Crippen LogP contribution >= 0.6 is 27.3 Å². The van der Waals surface area contributed by atoms with Crippen molar-refractivity contribution in [3.63, 3.8) is 0 Å². The van der Waals surface area contributed by atoms with Crippen LogP contribution in [0.1, 0.15) is 82.5 Å². The predicted molar refractivity (Wildman–Crippen MR) is 97.7 cm³/mol. The zero-order valence-corrected chi connectivity index (χ0v) is 16.5. The van der Waals surface area contributed by atoms with Crippen LogP contribution < -0.4 is 0 Å². The van der Waals surface area contributed by atoms with Crippen molar-refractivity contribution in [1.82, 2.24) is 0 Å². The fraction of sp³-hybridized carbons (Fsp3) is 0.778. The van der Waals surface area contributed by atoms with Crippen molar-refractivity contribution in [3.05, 3.63) is 21.4 Å². The fourth-order valence-corrected chi connectivity index (χ4v) is 4.10. The van der Waals surface area contributed by atoms with Gasteiger partial charge in [0, 0.05) is 15.1 Å². The molecule has 0 amide bonds. The molecule has 0 spiro atoms. The van der Waals surface area contributed by atoms with Crippen molar-refractivity contribution >= 4 is 27.3 Å². The zero-order valence-electron chi connectivity index (χ0n) is 14.1. The standard InChI is InChI=1S/C18H31BrS/c1-17(2,3)15-13-14(11-9-7-8-10-12-19)16(20-15)18(4,5)6/h13H,7-12H2,1-6H3. The van der Waals surface area contributed by atoms with Gasteiger partial charge in [-0.05, 0) is 41.7 Å². The maximum Gasteiger partial charge on any atom is 0.0134 e. The summed E-state index contributed by atoms with van der Waals surface area (Å²) in [5.74, 6) is 0. The monoisotopic (exact) mass is 358 g/mol. The average Bonchev–Trinajstić information content (AvgIpc) is 2.72. The van der Waals surface area contributed by atoms with Crippen LogP contribution in [0.3, 0.4) is 0 Å². The molecule has 0 nitrogen and oxygen atoms in total. The summed E-state index contributed by atoms with van der Waals surface area (Å²) in [6, 6.07) is 2.48. The van der Waals surface area contributed by atoms with Crippen LogP contribution in [0.15, 0.2) is 6.07 Å². The van der Waals surface area contributed by atoms with E-state index >= 15 is 0 Å². The van der Waals surface area contributed by atoms with E-state index in [-0.39, 0.29) is 10.8 Å². The highest BCUT2D eigenvalue weighted by molar-refractivity contribution is 9.09. The topological polar surface area (TPSA) is 0 Å². The van der Waals surface area contributed by atoms with Crippen LogP contribution in [0.2, 0.25) is 0 Å². The second kappa shape index (κ2) is 7.45. The van der Waals surface area contributed by atoms with Crippen molar-refractivity contribution in [1.29, 1.82) is 0 Å². The van der Waals surface area contributed by atoms with Crippen LogP contribution in [0.25, 0.3) is 0 Å². The van der Waals surface area contributed by atoms with E-state index in [1.807, 2.05) is 11.3 Å². The van der Waals surface area contributed by atoms with Gasteiger partial charge >= 0.3 is 0 Å². The molecule has 0 N–H and O–H groups in total. The minimum absolute atomic E-state index is 0.277. The van der Waals surface area contributed by atoms with Gasteiger partial charge in [-0.3, -0.25) is 0 Å². The molecule has 1 heterocycles. The van der Waals surface area contributed by atoms with E-state index in [1.165, 1.54) is 37.0 Å². The number of aryl methyl sites for hydroxylation is 1. The Bertz CT molecular complexity index is 404. The Hall–Kier alpha value is 0.180. The molecule has 116 valence electrons. The number of halogens is 1. The molecular formula is C18H31BrS. The predicted octanol–water partition coefficient (Wildman–Crippen LogP) is 6.84. The molecule has 1 aromatic rings. The van der Waals surface area contributed by atoms with Crippen LogP contribution in [0.5, 0.6) is 0 Å². The number of unbranched alkanes of at least 4 members (excludes halogenated alkanes) is 3. The molecule has 0 saturated heterocycles. The number of hydrogen-bond donors (Lipinski definition) is 0. The van der Waals surface area contributed by atoms with Gasteiger partial charge in [0.25, 0.3) is 0 Å². The molecule has 0 aliphatic heterocycles. The highest BCUT2D eigenvalue weighted by Gasteiger charge is 2.25. The summed E-state index contributed by atoms with van der Waals surface area (Å²) in [5, 5.41) is 1.15. The molecule has 0 unspecified atom stereocenters. The minimum Gasteiger partial charge on any atom is -0.144 e. The molecule has 0 atom stereocenters. The summed E-state index contributed by atoms with van der Waals surface area (Å²) in [5.41, 5.74) is 2.16. The van der Waals surface area contributed by atoms with Gasteiger partial charge in [0.2, 0.25) is 0 Å². The Labute approximate surface area is 138 Å². The van der Waals surface area contributed by atoms with E-state index < -0.39 is 0 Å². The van der Waals surface area contributed by atoms with E-state index in [0.29, 0.717) is 0 Å². The lowest BCUT2D eigenvalue weighted by molar-refractivity contribution is 0.590. The zero-order chi connectivity index (χ0) is 15.4. The van der Waals surface area contributed by atoms with Crippen LogP contribution in [-0.4, -0.2) is 5.33 Å². The average molecular weight is 359 g/mol. The number of hydrogen-bond acceptors (Lipinski definition) is 1. The first-order chi connectivity index (χ1) is 9.16. The van der Waals surface area contributed by atoms with Crippen molar-refractivity contribution in [2.45, 2.75) is 84.5 Å². The van der Waals surface area contributed by atoms with Gasteiger partial charge in [-0.25, -0.2) is 0 Å². The summed E-state index contributed by atoms with van der Waals surface area (Å²) in [7, 11) is 0. The SMILES string of the molecule is CC(C)(C)c1cc(CCCCCCBr)c(C(C)(C)C)s1. The lowest BCUT2D eigenvalue weighted by atomic mass is 9.88. The Balaban J connectivity index is 2.80. The van der Waals surface area contributed by atoms with Gasteiger partial charge in [0.1, 0.15) is 0 Å². The summed E-state index contributed by atoms with van der Waals surface area (Å²) < 4.78 is 0. The fourth-order valence-electron chi connectivity index (χ4n) is 2.38. The molecule has 0 radical (unpaired) electrons. The molecule has 0 fully saturated rings. The lowest BCUT2D eigenvalue weighted by Crippen LogP contribution is -2.11. The van der Waals surface area contributed by atoms with E-state index in [9.17, 15) is 0 Å². The van der Waals surface area contributed by atoms with Gasteiger partial charge in [-0.15, -0.1) is 11.3 Å². The van der Waals surface area contributed by atoms with Crippen molar-refractivity contribution in [2.75, 3.05) is 5.33 Å². The lowest BCUT2D eigenvalue weighted by Gasteiger charge is -2.19. The molecule has 0 aliphatic rings. The smallest absolute Gasteiger partial charge is 0.0134 e. The highest BCUT2D eigenvalue weighted by atomic mass is 79.9. The molecule has 0 saturated carbocycles. The van der Waals surface area contributed by atoms with Gasteiger partial charge in [0.05, 0.1) is 0 Å². The molecular weight excluding hydrogens is 328 g/mol. The Kier molecular flexibility index (Phi) is 6.79. The van der Waals surface area contributed by atoms with Crippen molar-refractivity contribution < 1.29 is 0 Å². The summed E-state index contributed by atoms with van der Waals surface area (Å²) in [4.78, 5) is 3.14. The minimum atomic E-state index is 0.277. The number of thiophene rings is 1. The summed E-state index contributed by atoms with van der Waals surface area (Å²) >= 11 is 5.55. The summed E-state index contributed by atoms with van der Waals surface area (Å²) in [6.07, 6.45) is 6.60. The second-order valence-corrected chi connectivity index (χ2v) is 9.66. The van der Waals surface area contributed by atoms with E-state index in [2.05, 4.69) is 63.5 Å². The van der Waals surface area contributed by atoms with Gasteiger partial charge in [0.15, 0.2) is 0 Å². The molecule has 20 heavy (non-hydrogen) atoms. The van der Waals surface area contributed by atoms with Crippen LogP contribution in [-0.2, 0) is 17.3 Å². The van der Waals surface area contributed by atoms with Gasteiger partial charge in [-0.2, -0.15) is 0 Å². The number of alkyl halides is 1.